The van der Waals surface area contributed by atoms with E-state index in [2.05, 4.69) is 9.21 Å². The SMILES string of the molecule is [N-]=[N+]=Cc1ccoc1. The van der Waals surface area contributed by atoms with Gasteiger partial charge in [-0.3, -0.25) is 0 Å². The van der Waals surface area contributed by atoms with Crippen molar-refractivity contribution >= 4 is 6.21 Å². The molecule has 8 heavy (non-hydrogen) atoms. The standard InChI is InChI=1S/C5H4N2O/c6-7-3-5-1-2-8-4-5/h1-4H. The highest BCUT2D eigenvalue weighted by Crippen LogP contribution is 1.92. The molecular weight excluding hydrogens is 104 g/mol. The first-order valence-corrected chi connectivity index (χ1v) is 2.13. The van der Waals surface area contributed by atoms with Gasteiger partial charge in [-0.05, 0) is 6.07 Å². The van der Waals surface area contributed by atoms with Crippen molar-refractivity contribution in [1.29, 1.82) is 0 Å². The highest BCUT2D eigenvalue weighted by atomic mass is 16.3. The van der Waals surface area contributed by atoms with Crippen LogP contribution in [0.5, 0.6) is 0 Å². The van der Waals surface area contributed by atoms with Crippen LogP contribution in [0.4, 0.5) is 0 Å². The normalized spacial score (nSPS) is 8.00. The molecule has 0 saturated carbocycles. The van der Waals surface area contributed by atoms with Crippen LogP contribution in [0.3, 0.4) is 0 Å². The molecule has 3 heteroatoms. The van der Waals surface area contributed by atoms with Gasteiger partial charge in [0.05, 0.1) is 11.8 Å². The molecule has 1 aromatic heterocycles. The maximum atomic E-state index is 7.97. The summed E-state index contributed by atoms with van der Waals surface area (Å²) >= 11 is 0. The molecule has 1 rings (SSSR count). The second-order valence-electron chi connectivity index (χ2n) is 1.30. The third-order valence-corrected chi connectivity index (χ3v) is 0.750. The molecule has 0 unspecified atom stereocenters. The van der Waals surface area contributed by atoms with Crippen LogP contribution >= 0.6 is 0 Å². The summed E-state index contributed by atoms with van der Waals surface area (Å²) in [4.78, 5) is 2.79. The number of hydrogen-bond donors (Lipinski definition) is 0. The predicted octanol–water partition coefficient (Wildman–Crippen LogP) is 0.928. The van der Waals surface area contributed by atoms with Gasteiger partial charge < -0.3 is 9.95 Å². The van der Waals surface area contributed by atoms with Crippen LogP contribution in [0, 0.1) is 0 Å². The van der Waals surface area contributed by atoms with Crippen molar-refractivity contribution in [2.45, 2.75) is 0 Å². The molecule has 1 heterocycles. The Morgan fingerprint density at radius 1 is 1.75 bits per heavy atom. The highest BCUT2D eigenvalue weighted by molar-refractivity contribution is 5.73. The van der Waals surface area contributed by atoms with E-state index < -0.39 is 0 Å². The first kappa shape index (κ1) is 4.81. The molecule has 0 fully saturated rings. The summed E-state index contributed by atoms with van der Waals surface area (Å²) in [6.45, 7) is 0. The minimum absolute atomic E-state index is 0.757. The van der Waals surface area contributed by atoms with Gasteiger partial charge in [-0.25, -0.2) is 0 Å². The van der Waals surface area contributed by atoms with Crippen molar-refractivity contribution in [2.75, 3.05) is 0 Å². The zero-order chi connectivity index (χ0) is 5.82. The summed E-state index contributed by atoms with van der Waals surface area (Å²) in [5.41, 5.74) is 8.72. The van der Waals surface area contributed by atoms with E-state index in [0.717, 1.165) is 5.56 Å². The molecule has 0 aliphatic heterocycles. The molecule has 1 aromatic rings. The van der Waals surface area contributed by atoms with Crippen LogP contribution in [-0.2, 0) is 0 Å². The average Bonchev–Trinajstić information content (AvgIpc) is 2.19. The van der Waals surface area contributed by atoms with Gasteiger partial charge in [0.15, 0.2) is 0 Å². The second-order valence-corrected chi connectivity index (χ2v) is 1.30. The van der Waals surface area contributed by atoms with Crippen molar-refractivity contribution in [2.24, 2.45) is 0 Å². The largest absolute Gasteiger partial charge is 0.472 e. The lowest BCUT2D eigenvalue weighted by atomic mass is 10.4. The van der Waals surface area contributed by atoms with E-state index in [4.69, 9.17) is 5.53 Å². The fraction of sp³-hybridized carbons (Fsp3) is 0. The highest BCUT2D eigenvalue weighted by Gasteiger charge is 1.89. The summed E-state index contributed by atoms with van der Waals surface area (Å²) in [7, 11) is 0. The summed E-state index contributed by atoms with van der Waals surface area (Å²) in [6, 6.07) is 1.69. The third-order valence-electron chi connectivity index (χ3n) is 0.750. The van der Waals surface area contributed by atoms with Crippen LogP contribution in [0.25, 0.3) is 5.53 Å². The van der Waals surface area contributed by atoms with Crippen molar-refractivity contribution in [3.63, 3.8) is 0 Å². The zero-order valence-electron chi connectivity index (χ0n) is 4.11. The number of hydrogen-bond acceptors (Lipinski definition) is 1. The molecule has 0 atom stereocenters. The first-order valence-electron chi connectivity index (χ1n) is 2.13. The third kappa shape index (κ3) is 0.832. The van der Waals surface area contributed by atoms with E-state index in [1.807, 2.05) is 0 Å². The molecule has 0 aliphatic carbocycles. The smallest absolute Gasteiger partial charge is 0.290 e. The first-order chi connectivity index (χ1) is 3.93. The summed E-state index contributed by atoms with van der Waals surface area (Å²) < 4.78 is 4.66. The van der Waals surface area contributed by atoms with Gasteiger partial charge in [0.25, 0.3) is 6.21 Å². The fourth-order valence-corrected chi connectivity index (χ4v) is 0.415. The van der Waals surface area contributed by atoms with Crippen LogP contribution in [0.15, 0.2) is 23.0 Å². The minimum Gasteiger partial charge on any atom is -0.472 e. The minimum atomic E-state index is 0.757. The van der Waals surface area contributed by atoms with Gasteiger partial charge in [0.2, 0.25) is 0 Å². The van der Waals surface area contributed by atoms with Crippen molar-refractivity contribution in [3.05, 3.63) is 29.7 Å². The Kier molecular flexibility index (Phi) is 1.26. The van der Waals surface area contributed by atoms with Gasteiger partial charge >= 0.3 is 0 Å². The van der Waals surface area contributed by atoms with Crippen molar-refractivity contribution in [1.82, 2.24) is 0 Å². The Balaban J connectivity index is 2.93. The van der Waals surface area contributed by atoms with Crippen LogP contribution in [0.2, 0.25) is 0 Å². The lowest BCUT2D eigenvalue weighted by Gasteiger charge is -1.61. The van der Waals surface area contributed by atoms with E-state index in [-0.39, 0.29) is 0 Å². The molecule has 0 amide bonds. The van der Waals surface area contributed by atoms with Gasteiger partial charge in [-0.1, -0.05) is 0 Å². The van der Waals surface area contributed by atoms with E-state index in [1.165, 1.54) is 18.7 Å². The Hall–Kier alpha value is -1.34. The van der Waals surface area contributed by atoms with Gasteiger partial charge in [-0.15, -0.1) is 0 Å². The molecule has 0 bridgehead atoms. The lowest BCUT2D eigenvalue weighted by Crippen LogP contribution is -1.71. The monoisotopic (exact) mass is 108 g/mol. The molecule has 0 aliphatic rings. The Bertz CT molecular complexity index is 196. The summed E-state index contributed by atoms with van der Waals surface area (Å²) in [6.07, 6.45) is 4.29. The quantitative estimate of drug-likeness (QED) is 0.300. The molecular formula is C5H4N2O. The van der Waals surface area contributed by atoms with Gasteiger partial charge in [0, 0.05) is 0 Å². The molecule has 0 aromatic carbocycles. The number of furan rings is 1. The Labute approximate surface area is 46.2 Å². The molecule has 0 radical (unpaired) electrons. The maximum Gasteiger partial charge on any atom is 0.290 e. The maximum absolute atomic E-state index is 7.97. The summed E-state index contributed by atoms with van der Waals surface area (Å²) in [5.74, 6) is 0. The topological polar surface area (TPSA) is 49.5 Å². The van der Waals surface area contributed by atoms with E-state index >= 15 is 0 Å². The van der Waals surface area contributed by atoms with E-state index in [0.29, 0.717) is 0 Å². The van der Waals surface area contributed by atoms with E-state index in [9.17, 15) is 0 Å². The van der Waals surface area contributed by atoms with E-state index in [1.54, 1.807) is 6.07 Å². The lowest BCUT2D eigenvalue weighted by molar-refractivity contribution is 0.00453. The number of rotatable bonds is 1. The molecule has 0 spiro atoms. The van der Waals surface area contributed by atoms with Crippen LogP contribution in [0.1, 0.15) is 5.56 Å². The second kappa shape index (κ2) is 2.09. The Morgan fingerprint density at radius 3 is 3.12 bits per heavy atom. The zero-order valence-corrected chi connectivity index (χ0v) is 4.11. The Morgan fingerprint density at radius 2 is 2.62 bits per heavy atom. The number of nitrogens with zero attached hydrogens (tertiary/aromatic N) is 2. The van der Waals surface area contributed by atoms with Crippen LogP contribution < -0.4 is 0 Å². The summed E-state index contributed by atoms with van der Waals surface area (Å²) in [5, 5.41) is 0. The molecule has 0 saturated heterocycles. The van der Waals surface area contributed by atoms with Crippen LogP contribution in [-0.4, -0.2) is 11.0 Å². The van der Waals surface area contributed by atoms with Crippen molar-refractivity contribution < 1.29 is 9.21 Å². The average molecular weight is 108 g/mol. The van der Waals surface area contributed by atoms with Gasteiger partial charge in [0.1, 0.15) is 6.26 Å². The molecule has 0 N–H and O–H groups in total. The van der Waals surface area contributed by atoms with Crippen molar-refractivity contribution in [3.8, 4) is 0 Å². The molecule has 40 valence electrons. The predicted molar refractivity (Wildman–Crippen MR) is 27.5 cm³/mol. The molecule has 3 nitrogen and oxygen atoms in total. The fourth-order valence-electron chi connectivity index (χ4n) is 0.415. The van der Waals surface area contributed by atoms with Gasteiger partial charge in [-0.2, -0.15) is 4.79 Å².